The molecule has 0 saturated heterocycles. The van der Waals surface area contributed by atoms with Gasteiger partial charge in [-0.25, -0.2) is 0 Å². The maximum absolute atomic E-state index is 11.7. The van der Waals surface area contributed by atoms with Crippen LogP contribution >= 0.6 is 11.6 Å². The third-order valence-electron chi connectivity index (χ3n) is 2.80. The molecule has 0 unspecified atom stereocenters. The molecule has 2 aromatic carbocycles. The van der Waals surface area contributed by atoms with Crippen molar-refractivity contribution in [2.75, 3.05) is 11.9 Å². The first-order valence-corrected chi connectivity index (χ1v) is 6.90. The Morgan fingerprint density at radius 3 is 2.45 bits per heavy atom. The van der Waals surface area contributed by atoms with Crippen LogP contribution in [0.5, 0.6) is 5.75 Å². The average Bonchev–Trinajstić information content (AvgIpc) is 2.50. The lowest BCUT2D eigenvalue weighted by Gasteiger charge is -2.08. The first-order chi connectivity index (χ1) is 10.5. The first kappa shape index (κ1) is 15.9. The van der Waals surface area contributed by atoms with Gasteiger partial charge in [-0.1, -0.05) is 35.9 Å². The number of hydrogen-bond donors (Lipinski definition) is 2. The van der Waals surface area contributed by atoms with Gasteiger partial charge in [0.1, 0.15) is 5.75 Å². The molecule has 0 saturated carbocycles. The quantitative estimate of drug-likeness (QED) is 0.831. The van der Waals surface area contributed by atoms with E-state index >= 15 is 0 Å². The van der Waals surface area contributed by atoms with Crippen LogP contribution in [0.3, 0.4) is 0 Å². The smallest absolute Gasteiger partial charge is 0.310 e. The molecule has 0 aliphatic heterocycles. The molecule has 0 aliphatic carbocycles. The van der Waals surface area contributed by atoms with Gasteiger partial charge in [0, 0.05) is 0 Å². The zero-order valence-electron chi connectivity index (χ0n) is 11.6. The van der Waals surface area contributed by atoms with Crippen LogP contribution in [0.15, 0.2) is 48.5 Å². The summed E-state index contributed by atoms with van der Waals surface area (Å²) in [4.78, 5) is 23.3. The Kier molecular flexibility index (Phi) is 5.38. The van der Waals surface area contributed by atoms with Crippen molar-refractivity contribution in [1.82, 2.24) is 0 Å². The second-order valence-electron chi connectivity index (χ2n) is 4.53. The van der Waals surface area contributed by atoms with Crippen LogP contribution in [-0.4, -0.2) is 23.6 Å². The molecule has 0 bridgehead atoms. The van der Waals surface area contributed by atoms with Gasteiger partial charge in [0.2, 0.25) is 0 Å². The lowest BCUT2D eigenvalue weighted by molar-refractivity contribution is -0.146. The summed E-state index contributed by atoms with van der Waals surface area (Å²) in [5, 5.41) is 12.1. The number of rotatable bonds is 5. The second-order valence-corrected chi connectivity index (χ2v) is 4.94. The van der Waals surface area contributed by atoms with Gasteiger partial charge in [0.15, 0.2) is 6.61 Å². The molecule has 2 rings (SSSR count). The minimum absolute atomic E-state index is 0.0274. The van der Waals surface area contributed by atoms with Crippen molar-refractivity contribution in [2.45, 2.75) is 6.42 Å². The van der Waals surface area contributed by atoms with Crippen molar-refractivity contribution in [3.8, 4) is 5.75 Å². The number of aromatic hydroxyl groups is 1. The highest BCUT2D eigenvalue weighted by atomic mass is 35.5. The van der Waals surface area contributed by atoms with Crippen molar-refractivity contribution in [2.24, 2.45) is 0 Å². The highest BCUT2D eigenvalue weighted by Gasteiger charge is 2.10. The maximum atomic E-state index is 11.7. The van der Waals surface area contributed by atoms with E-state index in [0.29, 0.717) is 16.3 Å². The van der Waals surface area contributed by atoms with E-state index in [2.05, 4.69) is 5.32 Å². The van der Waals surface area contributed by atoms with E-state index in [1.807, 2.05) is 0 Å². The number of phenolic OH excluding ortho intramolecular Hbond substituents is 1. The van der Waals surface area contributed by atoms with Gasteiger partial charge in [-0.3, -0.25) is 9.59 Å². The fourth-order valence-corrected chi connectivity index (χ4v) is 1.91. The Hall–Kier alpha value is -2.53. The molecule has 0 radical (unpaired) electrons. The number of anilines is 1. The predicted molar refractivity (Wildman–Crippen MR) is 82.9 cm³/mol. The number of benzene rings is 2. The van der Waals surface area contributed by atoms with Crippen LogP contribution in [-0.2, 0) is 20.7 Å². The summed E-state index contributed by atoms with van der Waals surface area (Å²) < 4.78 is 4.89. The summed E-state index contributed by atoms with van der Waals surface area (Å²) in [7, 11) is 0. The van der Waals surface area contributed by atoms with Crippen LogP contribution in [0, 0.1) is 0 Å². The van der Waals surface area contributed by atoms with Gasteiger partial charge in [-0.05, 0) is 29.8 Å². The maximum Gasteiger partial charge on any atom is 0.310 e. The van der Waals surface area contributed by atoms with E-state index in [9.17, 15) is 9.59 Å². The summed E-state index contributed by atoms with van der Waals surface area (Å²) in [6.07, 6.45) is 0.0274. The molecule has 0 spiro atoms. The molecule has 2 N–H and O–H groups in total. The Bertz CT molecular complexity index is 670. The van der Waals surface area contributed by atoms with E-state index < -0.39 is 11.9 Å². The SMILES string of the molecule is O=C(COC(=O)Cc1ccc(O)cc1)Nc1ccccc1Cl. The molecule has 22 heavy (non-hydrogen) atoms. The summed E-state index contributed by atoms with van der Waals surface area (Å²) in [5.74, 6) is -0.872. The fourth-order valence-electron chi connectivity index (χ4n) is 1.73. The average molecular weight is 320 g/mol. The molecule has 114 valence electrons. The zero-order chi connectivity index (χ0) is 15.9. The number of carbonyl (C=O) groups excluding carboxylic acids is 2. The third kappa shape index (κ3) is 4.79. The fraction of sp³-hybridized carbons (Fsp3) is 0.125. The van der Waals surface area contributed by atoms with Crippen LogP contribution in [0.25, 0.3) is 0 Å². The summed E-state index contributed by atoms with van der Waals surface area (Å²) in [6.45, 7) is -0.387. The molecule has 0 fully saturated rings. The Labute approximate surface area is 132 Å². The van der Waals surface area contributed by atoms with Crippen LogP contribution < -0.4 is 5.32 Å². The lowest BCUT2D eigenvalue weighted by atomic mass is 10.1. The third-order valence-corrected chi connectivity index (χ3v) is 3.13. The summed E-state index contributed by atoms with van der Waals surface area (Å²) in [6, 6.07) is 13.0. The van der Waals surface area contributed by atoms with E-state index in [0.717, 1.165) is 0 Å². The molecule has 0 heterocycles. The number of phenols is 1. The van der Waals surface area contributed by atoms with Crippen LogP contribution in [0.1, 0.15) is 5.56 Å². The first-order valence-electron chi connectivity index (χ1n) is 6.52. The van der Waals surface area contributed by atoms with Gasteiger partial charge in [-0.15, -0.1) is 0 Å². The van der Waals surface area contributed by atoms with Crippen LogP contribution in [0.4, 0.5) is 5.69 Å². The Balaban J connectivity index is 1.79. The number of hydrogen-bond acceptors (Lipinski definition) is 4. The Morgan fingerprint density at radius 2 is 1.77 bits per heavy atom. The van der Waals surface area contributed by atoms with Crippen molar-refractivity contribution < 1.29 is 19.4 Å². The number of nitrogens with one attached hydrogen (secondary N) is 1. The molecular formula is C16H14ClNO4. The number of ether oxygens (including phenoxy) is 1. The predicted octanol–water partition coefficient (Wildman–Crippen LogP) is 2.77. The second kappa shape index (κ2) is 7.47. The van der Waals surface area contributed by atoms with Crippen molar-refractivity contribution in [3.05, 3.63) is 59.1 Å². The number of para-hydroxylation sites is 1. The standard InChI is InChI=1S/C16H14ClNO4/c17-13-3-1-2-4-14(13)18-15(20)10-22-16(21)9-11-5-7-12(19)8-6-11/h1-8,19H,9-10H2,(H,18,20). The van der Waals surface area contributed by atoms with Crippen LogP contribution in [0.2, 0.25) is 5.02 Å². The monoisotopic (exact) mass is 319 g/mol. The molecule has 0 aromatic heterocycles. The zero-order valence-corrected chi connectivity index (χ0v) is 12.3. The van der Waals surface area contributed by atoms with Crippen molar-refractivity contribution in [3.63, 3.8) is 0 Å². The van der Waals surface area contributed by atoms with Gasteiger partial charge < -0.3 is 15.2 Å². The van der Waals surface area contributed by atoms with Crippen molar-refractivity contribution in [1.29, 1.82) is 0 Å². The highest BCUT2D eigenvalue weighted by molar-refractivity contribution is 6.33. The van der Waals surface area contributed by atoms with E-state index in [-0.39, 0.29) is 18.8 Å². The summed E-state index contributed by atoms with van der Waals surface area (Å²) in [5.41, 5.74) is 1.15. The summed E-state index contributed by atoms with van der Waals surface area (Å²) >= 11 is 5.91. The van der Waals surface area contributed by atoms with Gasteiger partial charge >= 0.3 is 5.97 Å². The molecule has 1 amide bonds. The molecule has 0 aliphatic rings. The molecule has 6 heteroatoms. The van der Waals surface area contributed by atoms with E-state index in [1.165, 1.54) is 12.1 Å². The highest BCUT2D eigenvalue weighted by Crippen LogP contribution is 2.20. The van der Waals surface area contributed by atoms with Gasteiger partial charge in [-0.2, -0.15) is 0 Å². The topological polar surface area (TPSA) is 75.6 Å². The lowest BCUT2D eigenvalue weighted by Crippen LogP contribution is -2.21. The van der Waals surface area contributed by atoms with E-state index in [1.54, 1.807) is 36.4 Å². The molecular weight excluding hydrogens is 306 g/mol. The van der Waals surface area contributed by atoms with Gasteiger partial charge in [0.25, 0.3) is 5.91 Å². The molecule has 5 nitrogen and oxygen atoms in total. The number of carbonyl (C=O) groups is 2. The van der Waals surface area contributed by atoms with E-state index in [4.69, 9.17) is 21.4 Å². The molecule has 0 atom stereocenters. The normalized spacial score (nSPS) is 10.0. The minimum atomic E-state index is -0.528. The van der Waals surface area contributed by atoms with Crippen molar-refractivity contribution >= 4 is 29.2 Å². The minimum Gasteiger partial charge on any atom is -0.508 e. The Morgan fingerprint density at radius 1 is 1.09 bits per heavy atom. The van der Waals surface area contributed by atoms with Gasteiger partial charge in [0.05, 0.1) is 17.1 Å². The number of halogens is 1. The molecule has 2 aromatic rings. The number of esters is 1. The number of amides is 1. The largest absolute Gasteiger partial charge is 0.508 e.